The third kappa shape index (κ3) is 4.02. The Labute approximate surface area is 123 Å². The summed E-state index contributed by atoms with van der Waals surface area (Å²) in [6, 6.07) is 0. The van der Waals surface area contributed by atoms with Gasteiger partial charge in [-0.2, -0.15) is 0 Å². The molecular weight excluding hydrogens is 246 g/mol. The van der Waals surface area contributed by atoms with Gasteiger partial charge in [0.15, 0.2) is 0 Å². The Morgan fingerprint density at radius 1 is 1.35 bits per heavy atom. The molecule has 1 aromatic heterocycles. The minimum Gasteiger partial charge on any atom is -0.316 e. The topological polar surface area (TPSA) is 37.8 Å². The second-order valence-corrected chi connectivity index (χ2v) is 7.58. The van der Waals surface area contributed by atoms with Gasteiger partial charge in [0, 0.05) is 17.3 Å². The first-order valence-corrected chi connectivity index (χ1v) is 7.92. The lowest BCUT2D eigenvalue weighted by molar-refractivity contribution is 0.402. The zero-order valence-electron chi connectivity index (χ0n) is 13.7. The number of hydrogen-bond donors (Lipinski definition) is 1. The van der Waals surface area contributed by atoms with Gasteiger partial charge in [-0.15, -0.1) is 0 Å². The third-order valence-electron chi connectivity index (χ3n) is 3.91. The molecule has 112 valence electrons. The summed E-state index contributed by atoms with van der Waals surface area (Å²) in [4.78, 5) is 9.37. The van der Waals surface area contributed by atoms with E-state index in [-0.39, 0.29) is 5.41 Å². The molecule has 1 N–H and O–H groups in total. The van der Waals surface area contributed by atoms with E-state index >= 15 is 0 Å². The Kier molecular flexibility index (Phi) is 4.79. The molecule has 20 heavy (non-hydrogen) atoms. The highest BCUT2D eigenvalue weighted by molar-refractivity contribution is 5.23. The molecule has 1 aliphatic rings. The second-order valence-electron chi connectivity index (χ2n) is 7.58. The van der Waals surface area contributed by atoms with Crippen LogP contribution in [0.1, 0.15) is 58.1 Å². The molecule has 0 fully saturated rings. The normalized spacial score (nSPS) is 19.2. The van der Waals surface area contributed by atoms with Crippen molar-refractivity contribution in [1.29, 1.82) is 0 Å². The number of rotatable bonds is 4. The second kappa shape index (κ2) is 6.21. The first-order chi connectivity index (χ1) is 9.36. The molecule has 0 amide bonds. The van der Waals surface area contributed by atoms with Crippen LogP contribution in [0.5, 0.6) is 0 Å². The lowest BCUT2D eigenvalue weighted by atomic mass is 9.86. The van der Waals surface area contributed by atoms with Crippen molar-refractivity contribution in [3.63, 3.8) is 0 Å². The van der Waals surface area contributed by atoms with Crippen LogP contribution in [-0.4, -0.2) is 23.1 Å². The van der Waals surface area contributed by atoms with E-state index in [1.54, 1.807) is 0 Å². The van der Waals surface area contributed by atoms with Crippen LogP contribution in [0.3, 0.4) is 0 Å². The summed E-state index contributed by atoms with van der Waals surface area (Å²) in [5.41, 5.74) is 2.69. The molecule has 1 aliphatic carbocycles. The van der Waals surface area contributed by atoms with E-state index < -0.39 is 0 Å². The van der Waals surface area contributed by atoms with Gasteiger partial charge < -0.3 is 5.32 Å². The number of nitrogens with one attached hydrogen (secondary N) is 1. The minimum absolute atomic E-state index is 0.0463. The summed E-state index contributed by atoms with van der Waals surface area (Å²) < 4.78 is 0. The van der Waals surface area contributed by atoms with E-state index in [0.29, 0.717) is 0 Å². The molecule has 3 nitrogen and oxygen atoms in total. The standard InChI is InChI=1S/C17H29N3/c1-12(2)9-18-10-13-6-7-15-14(8-13)11-19-16(20-15)17(3,4)5/h11-13,18H,6-10H2,1-5H3. The summed E-state index contributed by atoms with van der Waals surface area (Å²) in [6.07, 6.45) is 5.55. The van der Waals surface area contributed by atoms with Crippen molar-refractivity contribution < 1.29 is 0 Å². The molecule has 0 saturated carbocycles. The van der Waals surface area contributed by atoms with Crippen LogP contribution >= 0.6 is 0 Å². The third-order valence-corrected chi connectivity index (χ3v) is 3.91. The van der Waals surface area contributed by atoms with Gasteiger partial charge in [0.1, 0.15) is 5.82 Å². The monoisotopic (exact) mass is 275 g/mol. The first-order valence-electron chi connectivity index (χ1n) is 7.92. The number of aryl methyl sites for hydroxylation is 1. The molecule has 0 radical (unpaired) electrons. The van der Waals surface area contributed by atoms with Crippen LogP contribution in [0.2, 0.25) is 0 Å². The molecule has 2 rings (SSSR count). The zero-order chi connectivity index (χ0) is 14.8. The largest absolute Gasteiger partial charge is 0.316 e. The fourth-order valence-corrected chi connectivity index (χ4v) is 2.69. The number of aromatic nitrogens is 2. The molecule has 1 heterocycles. The average molecular weight is 275 g/mol. The van der Waals surface area contributed by atoms with Gasteiger partial charge >= 0.3 is 0 Å². The Morgan fingerprint density at radius 3 is 2.75 bits per heavy atom. The van der Waals surface area contributed by atoms with Crippen molar-refractivity contribution in [2.45, 2.75) is 59.3 Å². The van der Waals surface area contributed by atoms with E-state index in [2.05, 4.69) is 51.1 Å². The van der Waals surface area contributed by atoms with E-state index in [9.17, 15) is 0 Å². The molecule has 1 unspecified atom stereocenters. The summed E-state index contributed by atoms with van der Waals surface area (Å²) in [5, 5.41) is 3.58. The number of nitrogens with zero attached hydrogens (tertiary/aromatic N) is 2. The van der Waals surface area contributed by atoms with Crippen molar-refractivity contribution >= 4 is 0 Å². The fraction of sp³-hybridized carbons (Fsp3) is 0.765. The summed E-state index contributed by atoms with van der Waals surface area (Å²) >= 11 is 0. The quantitative estimate of drug-likeness (QED) is 0.917. The van der Waals surface area contributed by atoms with Gasteiger partial charge in [0.25, 0.3) is 0 Å². The van der Waals surface area contributed by atoms with E-state index in [1.807, 2.05) is 0 Å². The highest BCUT2D eigenvalue weighted by Crippen LogP contribution is 2.26. The summed E-state index contributed by atoms with van der Waals surface area (Å²) in [6.45, 7) is 13.3. The lowest BCUT2D eigenvalue weighted by Crippen LogP contribution is -2.30. The molecule has 0 saturated heterocycles. The Balaban J connectivity index is 1.97. The molecule has 3 heteroatoms. The number of fused-ring (bicyclic) bond motifs is 1. The van der Waals surface area contributed by atoms with Crippen molar-refractivity contribution in [3.8, 4) is 0 Å². The summed E-state index contributed by atoms with van der Waals surface area (Å²) in [5.74, 6) is 2.45. The molecule has 1 aromatic rings. The van der Waals surface area contributed by atoms with Crippen molar-refractivity contribution in [2.24, 2.45) is 11.8 Å². The van der Waals surface area contributed by atoms with Crippen LogP contribution in [0.4, 0.5) is 0 Å². The van der Waals surface area contributed by atoms with Gasteiger partial charge in [-0.3, -0.25) is 0 Å². The van der Waals surface area contributed by atoms with Crippen molar-refractivity contribution in [3.05, 3.63) is 23.3 Å². The van der Waals surface area contributed by atoms with Gasteiger partial charge in [-0.25, -0.2) is 9.97 Å². The van der Waals surface area contributed by atoms with Gasteiger partial charge in [-0.05, 0) is 49.8 Å². The predicted molar refractivity (Wildman–Crippen MR) is 84.0 cm³/mol. The highest BCUT2D eigenvalue weighted by Gasteiger charge is 2.23. The number of hydrogen-bond acceptors (Lipinski definition) is 3. The smallest absolute Gasteiger partial charge is 0.133 e. The van der Waals surface area contributed by atoms with Crippen LogP contribution in [0, 0.1) is 11.8 Å². The maximum absolute atomic E-state index is 4.80. The van der Waals surface area contributed by atoms with Crippen molar-refractivity contribution in [1.82, 2.24) is 15.3 Å². The molecule has 0 aromatic carbocycles. The van der Waals surface area contributed by atoms with Gasteiger partial charge in [-0.1, -0.05) is 34.6 Å². The van der Waals surface area contributed by atoms with Gasteiger partial charge in [0.2, 0.25) is 0 Å². The minimum atomic E-state index is 0.0463. The van der Waals surface area contributed by atoms with E-state index in [1.165, 1.54) is 17.7 Å². The Morgan fingerprint density at radius 2 is 2.10 bits per heavy atom. The predicted octanol–water partition coefficient (Wildman–Crippen LogP) is 3.12. The average Bonchev–Trinajstić information content (AvgIpc) is 2.36. The molecule has 0 bridgehead atoms. The van der Waals surface area contributed by atoms with E-state index in [4.69, 9.17) is 4.98 Å². The zero-order valence-corrected chi connectivity index (χ0v) is 13.7. The Bertz CT molecular complexity index is 446. The fourth-order valence-electron chi connectivity index (χ4n) is 2.69. The van der Waals surface area contributed by atoms with Crippen LogP contribution in [-0.2, 0) is 18.3 Å². The van der Waals surface area contributed by atoms with Crippen LogP contribution < -0.4 is 5.32 Å². The maximum Gasteiger partial charge on any atom is 0.133 e. The molecular formula is C17H29N3. The SMILES string of the molecule is CC(C)CNCC1CCc2nc(C(C)(C)C)ncc2C1. The van der Waals surface area contributed by atoms with Crippen molar-refractivity contribution in [2.75, 3.05) is 13.1 Å². The summed E-state index contributed by atoms with van der Waals surface area (Å²) in [7, 11) is 0. The molecule has 0 aliphatic heterocycles. The highest BCUT2D eigenvalue weighted by atomic mass is 14.9. The first kappa shape index (κ1) is 15.4. The maximum atomic E-state index is 4.80. The van der Waals surface area contributed by atoms with Crippen LogP contribution in [0.15, 0.2) is 6.20 Å². The van der Waals surface area contributed by atoms with Crippen LogP contribution in [0.25, 0.3) is 0 Å². The Hall–Kier alpha value is -0.960. The lowest BCUT2D eigenvalue weighted by Gasteiger charge is -2.26. The van der Waals surface area contributed by atoms with Gasteiger partial charge in [0.05, 0.1) is 0 Å². The molecule has 1 atom stereocenters. The molecule has 0 spiro atoms. The van der Waals surface area contributed by atoms with E-state index in [0.717, 1.165) is 43.6 Å².